The molecule has 0 amide bonds. The van der Waals surface area contributed by atoms with Gasteiger partial charge in [-0.1, -0.05) is 12.1 Å². The first-order valence-corrected chi connectivity index (χ1v) is 6.68. The van der Waals surface area contributed by atoms with Crippen molar-refractivity contribution in [3.05, 3.63) is 41.0 Å². The fourth-order valence-corrected chi connectivity index (χ4v) is 2.74. The molecule has 18 heavy (non-hydrogen) atoms. The molecule has 0 saturated heterocycles. The minimum absolute atomic E-state index is 0. The Labute approximate surface area is 129 Å². The zero-order valence-corrected chi connectivity index (χ0v) is 13.8. The third-order valence-corrected chi connectivity index (χ3v) is 4.15. The third-order valence-electron chi connectivity index (χ3n) is 3.25. The van der Waals surface area contributed by atoms with Gasteiger partial charge in [-0.05, 0) is 60.4 Å². The van der Waals surface area contributed by atoms with Gasteiger partial charge in [-0.15, -0.1) is 0 Å². The Balaban J connectivity index is 0.00000162. The summed E-state index contributed by atoms with van der Waals surface area (Å²) >= 11 is 0. The van der Waals surface area contributed by atoms with Crippen LogP contribution in [0, 0.1) is 20.8 Å². The molecule has 0 heterocycles. The zero-order chi connectivity index (χ0) is 12.8. The van der Waals surface area contributed by atoms with Gasteiger partial charge in [-0.3, -0.25) is 0 Å². The molecule has 0 bridgehead atoms. The molecule has 0 aliphatic carbocycles. The summed E-state index contributed by atoms with van der Waals surface area (Å²) in [7, 11) is -4.43. The average Bonchev–Trinajstić information content (AvgIpc) is 2.24. The maximum Gasteiger partial charge on any atom is 1.00 e. The van der Waals surface area contributed by atoms with E-state index in [1.165, 1.54) is 6.07 Å². The van der Waals surface area contributed by atoms with E-state index in [2.05, 4.69) is 0 Å². The molecule has 0 aliphatic rings. The average molecular weight is 272 g/mol. The van der Waals surface area contributed by atoms with Crippen molar-refractivity contribution in [1.82, 2.24) is 0 Å². The first-order valence-electron chi connectivity index (χ1n) is 5.28. The molecule has 0 aromatic heterocycles. The first-order chi connectivity index (χ1) is 7.82. The second-order valence-corrected chi connectivity index (χ2v) is 5.60. The molecule has 0 atom stereocenters. The van der Waals surface area contributed by atoms with Crippen molar-refractivity contribution in [3.8, 4) is 0 Å². The Morgan fingerprint density at radius 2 is 1.61 bits per heavy atom. The van der Waals surface area contributed by atoms with Crippen LogP contribution < -0.4 is 29.6 Å². The van der Waals surface area contributed by atoms with Gasteiger partial charge >= 0.3 is 29.6 Å². The molecule has 0 radical (unpaired) electrons. The Hall–Kier alpha value is -0.390. The first kappa shape index (κ1) is 15.7. The fourth-order valence-electron chi connectivity index (χ4n) is 2.06. The van der Waals surface area contributed by atoms with Crippen molar-refractivity contribution in [1.29, 1.82) is 0 Å². The van der Waals surface area contributed by atoms with E-state index < -0.39 is 10.1 Å². The van der Waals surface area contributed by atoms with Gasteiger partial charge in [0.25, 0.3) is 0 Å². The van der Waals surface area contributed by atoms with Crippen LogP contribution in [-0.4, -0.2) is 13.0 Å². The van der Waals surface area contributed by atoms with Gasteiger partial charge in [-0.2, -0.15) is 0 Å². The second-order valence-electron chi connectivity index (χ2n) is 4.25. The van der Waals surface area contributed by atoms with Crippen LogP contribution in [-0.2, 0) is 10.1 Å². The smallest absolute Gasteiger partial charge is 0.744 e. The maximum absolute atomic E-state index is 11.2. The molecule has 0 unspecified atom stereocenters. The predicted octanol–water partition coefficient (Wildman–Crippen LogP) is -0.327. The van der Waals surface area contributed by atoms with Gasteiger partial charge in [0.05, 0.1) is 4.90 Å². The summed E-state index contributed by atoms with van der Waals surface area (Å²) in [4.78, 5) is -0.138. The zero-order valence-electron chi connectivity index (χ0n) is 10.9. The van der Waals surface area contributed by atoms with Crippen LogP contribution in [0.25, 0.3) is 10.8 Å². The summed E-state index contributed by atoms with van der Waals surface area (Å²) in [6, 6.07) is 6.57. The molecule has 0 saturated carbocycles. The van der Waals surface area contributed by atoms with E-state index in [1.807, 2.05) is 26.8 Å². The molecule has 90 valence electrons. The SMILES string of the molecule is Cc1cc2c(S(=O)(=O)[O-])cccc2c(C)c1C.[Na+]. The molecule has 0 aliphatic heterocycles. The fraction of sp³-hybridized carbons (Fsp3) is 0.231. The van der Waals surface area contributed by atoms with Crippen LogP contribution in [0.3, 0.4) is 0 Å². The van der Waals surface area contributed by atoms with Gasteiger partial charge in [-0.25, -0.2) is 8.42 Å². The van der Waals surface area contributed by atoms with Gasteiger partial charge in [0.2, 0.25) is 0 Å². The van der Waals surface area contributed by atoms with E-state index in [4.69, 9.17) is 0 Å². The molecule has 2 aromatic carbocycles. The number of aryl methyl sites for hydroxylation is 2. The number of hydrogen-bond acceptors (Lipinski definition) is 3. The number of hydrogen-bond donors (Lipinski definition) is 0. The minimum atomic E-state index is -4.43. The Bertz CT molecular complexity index is 706. The van der Waals surface area contributed by atoms with E-state index in [-0.39, 0.29) is 34.5 Å². The monoisotopic (exact) mass is 272 g/mol. The largest absolute Gasteiger partial charge is 1.00 e. The van der Waals surface area contributed by atoms with Gasteiger partial charge in [0, 0.05) is 0 Å². The van der Waals surface area contributed by atoms with E-state index in [1.54, 1.807) is 12.1 Å². The minimum Gasteiger partial charge on any atom is -0.744 e. The summed E-state index contributed by atoms with van der Waals surface area (Å²) in [5.74, 6) is 0. The molecule has 3 nitrogen and oxygen atoms in total. The number of rotatable bonds is 1. The molecular weight excluding hydrogens is 259 g/mol. The summed E-state index contributed by atoms with van der Waals surface area (Å²) in [5.41, 5.74) is 3.13. The van der Waals surface area contributed by atoms with Gasteiger partial charge in [0.15, 0.2) is 0 Å². The van der Waals surface area contributed by atoms with E-state index in [0.717, 1.165) is 22.1 Å². The van der Waals surface area contributed by atoms with Crippen molar-refractivity contribution in [2.24, 2.45) is 0 Å². The Morgan fingerprint density at radius 3 is 2.17 bits per heavy atom. The summed E-state index contributed by atoms with van der Waals surface area (Å²) < 4.78 is 33.6. The maximum atomic E-state index is 11.2. The normalized spacial score (nSPS) is 11.3. The summed E-state index contributed by atoms with van der Waals surface area (Å²) in [6.07, 6.45) is 0. The molecule has 0 N–H and O–H groups in total. The molecule has 0 fully saturated rings. The van der Waals surface area contributed by atoms with Crippen LogP contribution in [0.4, 0.5) is 0 Å². The topological polar surface area (TPSA) is 57.2 Å². The molecule has 2 rings (SSSR count). The molecule has 2 aromatic rings. The van der Waals surface area contributed by atoms with Crippen molar-refractivity contribution in [2.75, 3.05) is 0 Å². The standard InChI is InChI=1S/C13H14O3S.Na/c1-8-7-12-11(10(3)9(8)2)5-4-6-13(12)17(14,15)16;/h4-7H,1-3H3,(H,14,15,16);/q;+1/p-1. The number of fused-ring (bicyclic) bond motifs is 1. The third kappa shape index (κ3) is 2.63. The Morgan fingerprint density at radius 1 is 1.00 bits per heavy atom. The van der Waals surface area contributed by atoms with Crippen molar-refractivity contribution in [3.63, 3.8) is 0 Å². The molecule has 0 spiro atoms. The summed E-state index contributed by atoms with van der Waals surface area (Å²) in [6.45, 7) is 5.84. The number of benzene rings is 2. The van der Waals surface area contributed by atoms with Crippen LogP contribution >= 0.6 is 0 Å². The molecular formula is C13H13NaO3S. The van der Waals surface area contributed by atoms with E-state index in [0.29, 0.717) is 5.39 Å². The quantitative estimate of drug-likeness (QED) is 0.528. The van der Waals surface area contributed by atoms with Crippen molar-refractivity contribution < 1.29 is 42.5 Å². The predicted molar refractivity (Wildman–Crippen MR) is 66.1 cm³/mol. The molecule has 5 heteroatoms. The van der Waals surface area contributed by atoms with Crippen LogP contribution in [0.5, 0.6) is 0 Å². The van der Waals surface area contributed by atoms with Crippen LogP contribution in [0.15, 0.2) is 29.2 Å². The van der Waals surface area contributed by atoms with Crippen LogP contribution in [0.2, 0.25) is 0 Å². The summed E-state index contributed by atoms with van der Waals surface area (Å²) in [5, 5.41) is 1.34. The van der Waals surface area contributed by atoms with E-state index >= 15 is 0 Å². The van der Waals surface area contributed by atoms with Gasteiger partial charge < -0.3 is 4.55 Å². The van der Waals surface area contributed by atoms with E-state index in [9.17, 15) is 13.0 Å². The van der Waals surface area contributed by atoms with Crippen molar-refractivity contribution in [2.45, 2.75) is 25.7 Å². The second kappa shape index (κ2) is 5.31. The van der Waals surface area contributed by atoms with Crippen molar-refractivity contribution >= 4 is 20.9 Å². The Kier molecular flexibility index (Phi) is 4.62. The van der Waals surface area contributed by atoms with Crippen LogP contribution in [0.1, 0.15) is 16.7 Å². The van der Waals surface area contributed by atoms with Gasteiger partial charge in [0.1, 0.15) is 10.1 Å².